The van der Waals surface area contributed by atoms with Gasteiger partial charge >= 0.3 is 0 Å². The molecule has 0 N–H and O–H groups in total. The highest BCUT2D eigenvalue weighted by Gasteiger charge is 2.26. The van der Waals surface area contributed by atoms with Crippen LogP contribution in [0.1, 0.15) is 0 Å². The lowest BCUT2D eigenvalue weighted by molar-refractivity contribution is 0.620. The first-order valence-electron chi connectivity index (χ1n) is 16.6. The zero-order valence-electron chi connectivity index (χ0n) is 26.1. The maximum atomic E-state index is 6.68. The number of oxazole rings is 1. The van der Waals surface area contributed by atoms with E-state index in [1.165, 1.54) is 60.2 Å². The number of rotatable bonds is 2. The summed E-state index contributed by atoms with van der Waals surface area (Å²) in [6, 6.07) is 51.9. The number of fused-ring (bicyclic) bond motifs is 9. The highest BCUT2D eigenvalue weighted by molar-refractivity contribution is 6.31. The molecule has 3 heterocycles. The summed E-state index contributed by atoms with van der Waals surface area (Å²) in [5.74, 6) is 0.606. The van der Waals surface area contributed by atoms with Crippen molar-refractivity contribution in [3.63, 3.8) is 0 Å². The van der Waals surface area contributed by atoms with E-state index in [-0.39, 0.29) is 0 Å². The predicted molar refractivity (Wildman–Crippen MR) is 201 cm³/mol. The number of para-hydroxylation sites is 2. The van der Waals surface area contributed by atoms with E-state index in [0.717, 1.165) is 49.7 Å². The van der Waals surface area contributed by atoms with Gasteiger partial charge < -0.3 is 13.4 Å². The molecule has 4 heteroatoms. The van der Waals surface area contributed by atoms with Gasteiger partial charge in [-0.1, -0.05) is 97.1 Å². The number of furan rings is 1. The molecule has 0 saturated heterocycles. The standard InChI is InChI=1S/C45H24N2O2/c1-2-11-28-27(10-1)30-14-7-9-25-19-21-36-44(41(25)30)43-31(28)15-8-17-35(43)47(36)37-24-40-42(32-13-4-3-12-29(32)37)33-23-26(20-22-38(33)48-40)45-46-34-16-5-6-18-39(34)49-45/h1-24H. The van der Waals surface area contributed by atoms with Gasteiger partial charge in [0.25, 0.3) is 0 Å². The van der Waals surface area contributed by atoms with Gasteiger partial charge in [0.05, 0.1) is 16.7 Å². The third-order valence-corrected chi connectivity index (χ3v) is 10.5. The van der Waals surface area contributed by atoms with Gasteiger partial charge in [-0.3, -0.25) is 0 Å². The van der Waals surface area contributed by atoms with E-state index >= 15 is 0 Å². The van der Waals surface area contributed by atoms with Gasteiger partial charge in [-0.05, 0) is 80.9 Å². The van der Waals surface area contributed by atoms with E-state index in [2.05, 4.69) is 114 Å². The Morgan fingerprint density at radius 3 is 2.04 bits per heavy atom. The van der Waals surface area contributed by atoms with E-state index in [0.29, 0.717) is 5.89 Å². The molecule has 0 unspecified atom stereocenters. The molecule has 12 rings (SSSR count). The van der Waals surface area contributed by atoms with E-state index in [1.807, 2.05) is 36.4 Å². The van der Waals surface area contributed by atoms with E-state index in [4.69, 9.17) is 13.8 Å². The van der Waals surface area contributed by atoms with Crippen LogP contribution in [-0.4, -0.2) is 9.55 Å². The van der Waals surface area contributed by atoms with Crippen LogP contribution in [0.25, 0.3) is 116 Å². The normalized spacial score (nSPS) is 12.5. The summed E-state index contributed by atoms with van der Waals surface area (Å²) < 4.78 is 15.3. The van der Waals surface area contributed by atoms with Crippen molar-refractivity contribution < 1.29 is 8.83 Å². The van der Waals surface area contributed by atoms with Gasteiger partial charge in [0.15, 0.2) is 5.58 Å². The smallest absolute Gasteiger partial charge is 0.227 e. The molecule has 11 aromatic rings. The molecule has 0 saturated carbocycles. The van der Waals surface area contributed by atoms with Crippen molar-refractivity contribution in [2.75, 3.05) is 0 Å². The molecule has 1 aliphatic carbocycles. The Bertz CT molecular complexity index is 3200. The van der Waals surface area contributed by atoms with Crippen LogP contribution >= 0.6 is 0 Å². The van der Waals surface area contributed by atoms with Crippen molar-refractivity contribution >= 4 is 76.4 Å². The fraction of sp³-hybridized carbons (Fsp3) is 0. The zero-order chi connectivity index (χ0) is 31.8. The Labute approximate surface area is 279 Å². The molecule has 8 aromatic carbocycles. The molecule has 4 nitrogen and oxygen atoms in total. The second-order valence-corrected chi connectivity index (χ2v) is 13.1. The molecule has 0 aliphatic heterocycles. The van der Waals surface area contributed by atoms with E-state index < -0.39 is 0 Å². The van der Waals surface area contributed by atoms with Crippen molar-refractivity contribution in [2.45, 2.75) is 0 Å². The summed E-state index contributed by atoms with van der Waals surface area (Å²) in [5.41, 5.74) is 12.8. The molecule has 49 heavy (non-hydrogen) atoms. The summed E-state index contributed by atoms with van der Waals surface area (Å²) >= 11 is 0. The molecule has 1 aliphatic rings. The third kappa shape index (κ3) is 3.25. The van der Waals surface area contributed by atoms with Crippen LogP contribution in [0.3, 0.4) is 0 Å². The molecule has 0 bridgehead atoms. The Morgan fingerprint density at radius 2 is 1.16 bits per heavy atom. The van der Waals surface area contributed by atoms with Crippen molar-refractivity contribution in [3.05, 3.63) is 146 Å². The van der Waals surface area contributed by atoms with Gasteiger partial charge in [0.1, 0.15) is 16.7 Å². The lowest BCUT2D eigenvalue weighted by Gasteiger charge is -2.15. The molecule has 0 fully saturated rings. The zero-order valence-corrected chi connectivity index (χ0v) is 26.1. The number of hydrogen-bond donors (Lipinski definition) is 0. The Morgan fingerprint density at radius 1 is 0.429 bits per heavy atom. The predicted octanol–water partition coefficient (Wildman–Crippen LogP) is 12.4. The van der Waals surface area contributed by atoms with Gasteiger partial charge in [-0.25, -0.2) is 4.98 Å². The van der Waals surface area contributed by atoms with Crippen LogP contribution in [0.5, 0.6) is 0 Å². The number of hydrogen-bond acceptors (Lipinski definition) is 3. The van der Waals surface area contributed by atoms with Gasteiger partial charge in [0.2, 0.25) is 5.89 Å². The first kappa shape index (κ1) is 25.4. The van der Waals surface area contributed by atoms with E-state index in [9.17, 15) is 0 Å². The second-order valence-electron chi connectivity index (χ2n) is 13.1. The molecule has 0 amide bonds. The van der Waals surface area contributed by atoms with Gasteiger partial charge in [0, 0.05) is 38.6 Å². The molecule has 0 atom stereocenters. The van der Waals surface area contributed by atoms with Crippen molar-refractivity contribution in [1.29, 1.82) is 0 Å². The number of benzene rings is 8. The highest BCUT2D eigenvalue weighted by atomic mass is 16.3. The van der Waals surface area contributed by atoms with Crippen LogP contribution in [-0.2, 0) is 0 Å². The summed E-state index contributed by atoms with van der Waals surface area (Å²) in [5, 5.41) is 9.60. The Balaban J connectivity index is 1.19. The summed E-state index contributed by atoms with van der Waals surface area (Å²) in [6.07, 6.45) is 0. The van der Waals surface area contributed by atoms with Gasteiger partial charge in [-0.15, -0.1) is 0 Å². The van der Waals surface area contributed by atoms with Crippen LogP contribution in [0.2, 0.25) is 0 Å². The van der Waals surface area contributed by atoms with Crippen molar-refractivity contribution in [2.24, 2.45) is 0 Å². The van der Waals surface area contributed by atoms with Crippen LogP contribution in [0, 0.1) is 0 Å². The summed E-state index contributed by atoms with van der Waals surface area (Å²) in [7, 11) is 0. The van der Waals surface area contributed by atoms with Crippen molar-refractivity contribution in [1.82, 2.24) is 9.55 Å². The average Bonchev–Trinajstić information content (AvgIpc) is 3.83. The second kappa shape index (κ2) is 9.03. The molecule has 3 aromatic heterocycles. The van der Waals surface area contributed by atoms with Crippen LogP contribution < -0.4 is 0 Å². The lowest BCUT2D eigenvalue weighted by Crippen LogP contribution is -1.96. The summed E-state index contributed by atoms with van der Waals surface area (Å²) in [6.45, 7) is 0. The molecule has 0 radical (unpaired) electrons. The van der Waals surface area contributed by atoms with E-state index in [1.54, 1.807) is 0 Å². The fourth-order valence-corrected chi connectivity index (χ4v) is 8.52. The monoisotopic (exact) mass is 624 g/mol. The third-order valence-electron chi connectivity index (χ3n) is 10.5. The number of aromatic nitrogens is 2. The SMILES string of the molecule is c1ccc2c(c1)-c1cccc3ccc4c(c13)c1c-2cccc1n4-c1cc2oc3ccc(-c4nc5ccccc5o4)cc3c2c2ccccc12. The van der Waals surface area contributed by atoms with Crippen molar-refractivity contribution in [3.8, 4) is 39.4 Å². The Kier molecular flexibility index (Phi) is 4.69. The largest absolute Gasteiger partial charge is 0.456 e. The maximum absolute atomic E-state index is 6.68. The maximum Gasteiger partial charge on any atom is 0.227 e. The number of nitrogens with zero attached hydrogens (tertiary/aromatic N) is 2. The topological polar surface area (TPSA) is 44.1 Å². The minimum Gasteiger partial charge on any atom is -0.456 e. The minimum absolute atomic E-state index is 0.606. The highest BCUT2D eigenvalue weighted by Crippen LogP contribution is 2.50. The minimum atomic E-state index is 0.606. The lowest BCUT2D eigenvalue weighted by atomic mass is 9.93. The molecule has 226 valence electrons. The first-order chi connectivity index (χ1) is 24.3. The quantitative estimate of drug-likeness (QED) is 0.192. The fourth-order valence-electron chi connectivity index (χ4n) is 8.52. The van der Waals surface area contributed by atoms with Gasteiger partial charge in [-0.2, -0.15) is 0 Å². The van der Waals surface area contributed by atoms with Crippen LogP contribution in [0.15, 0.2) is 154 Å². The summed E-state index contributed by atoms with van der Waals surface area (Å²) in [4.78, 5) is 4.78. The average molecular weight is 625 g/mol. The first-order valence-corrected chi connectivity index (χ1v) is 16.6. The van der Waals surface area contributed by atoms with Crippen LogP contribution in [0.4, 0.5) is 0 Å². The molecular weight excluding hydrogens is 601 g/mol. The molecular formula is C45H24N2O2. The Hall–Kier alpha value is -6.65. The molecule has 0 spiro atoms.